The minimum Gasteiger partial charge on any atom is -0.466 e. The highest BCUT2D eigenvalue weighted by molar-refractivity contribution is 5.85. The van der Waals surface area contributed by atoms with E-state index in [0.717, 1.165) is 6.42 Å². The molecule has 0 bridgehead atoms. The third-order valence-corrected chi connectivity index (χ3v) is 2.51. The fourth-order valence-electron chi connectivity index (χ4n) is 1.68. The SMILES string of the molecule is CCOC(=O)[C@@H]1C[C@@H]1c1ccncc1.Cl. The van der Waals surface area contributed by atoms with Crippen molar-refractivity contribution in [2.45, 2.75) is 19.3 Å². The molecule has 4 heteroatoms. The summed E-state index contributed by atoms with van der Waals surface area (Å²) >= 11 is 0. The zero-order chi connectivity index (χ0) is 9.97. The molecule has 0 aromatic carbocycles. The van der Waals surface area contributed by atoms with Crippen molar-refractivity contribution in [3.05, 3.63) is 30.1 Å². The van der Waals surface area contributed by atoms with Gasteiger partial charge in [0.25, 0.3) is 0 Å². The Morgan fingerprint density at radius 2 is 2.20 bits per heavy atom. The Morgan fingerprint density at radius 1 is 1.53 bits per heavy atom. The van der Waals surface area contributed by atoms with E-state index in [1.54, 1.807) is 12.4 Å². The first-order valence-electron chi connectivity index (χ1n) is 4.89. The first-order chi connectivity index (χ1) is 6.83. The Labute approximate surface area is 95.3 Å². The number of esters is 1. The Morgan fingerprint density at radius 3 is 2.80 bits per heavy atom. The molecule has 0 radical (unpaired) electrons. The van der Waals surface area contributed by atoms with E-state index in [-0.39, 0.29) is 24.3 Å². The molecule has 0 aliphatic heterocycles. The fourth-order valence-corrected chi connectivity index (χ4v) is 1.68. The molecular weight excluding hydrogens is 214 g/mol. The van der Waals surface area contributed by atoms with E-state index in [1.807, 2.05) is 19.1 Å². The number of nitrogens with zero attached hydrogens (tertiary/aromatic N) is 1. The minimum atomic E-state index is -0.0608. The van der Waals surface area contributed by atoms with Crippen molar-refractivity contribution in [2.24, 2.45) is 5.92 Å². The standard InChI is InChI=1S/C11H13NO2.ClH/c1-2-14-11(13)10-7-9(10)8-3-5-12-6-4-8;/h3-6,9-10H,2,7H2,1H3;1H/t9-,10-;/m1./s1. The summed E-state index contributed by atoms with van der Waals surface area (Å²) < 4.78 is 4.96. The van der Waals surface area contributed by atoms with Crippen molar-refractivity contribution in [3.63, 3.8) is 0 Å². The number of halogens is 1. The smallest absolute Gasteiger partial charge is 0.309 e. The minimum absolute atomic E-state index is 0. The van der Waals surface area contributed by atoms with Gasteiger partial charge in [-0.05, 0) is 37.0 Å². The van der Waals surface area contributed by atoms with Crippen molar-refractivity contribution in [2.75, 3.05) is 6.61 Å². The lowest BCUT2D eigenvalue weighted by Crippen LogP contribution is -2.07. The highest BCUT2D eigenvalue weighted by atomic mass is 35.5. The van der Waals surface area contributed by atoms with E-state index in [1.165, 1.54) is 5.56 Å². The topological polar surface area (TPSA) is 39.2 Å². The van der Waals surface area contributed by atoms with E-state index >= 15 is 0 Å². The third kappa shape index (κ3) is 2.69. The number of carbonyl (C=O) groups is 1. The highest BCUT2D eigenvalue weighted by Crippen LogP contribution is 2.47. The van der Waals surface area contributed by atoms with E-state index in [4.69, 9.17) is 4.74 Å². The van der Waals surface area contributed by atoms with Gasteiger partial charge in [0.1, 0.15) is 0 Å². The molecule has 1 saturated carbocycles. The maximum atomic E-state index is 11.4. The van der Waals surface area contributed by atoms with Crippen LogP contribution in [0.25, 0.3) is 0 Å². The van der Waals surface area contributed by atoms with E-state index in [9.17, 15) is 4.79 Å². The quantitative estimate of drug-likeness (QED) is 0.743. The van der Waals surface area contributed by atoms with E-state index < -0.39 is 0 Å². The predicted molar refractivity (Wildman–Crippen MR) is 59.0 cm³/mol. The molecule has 1 fully saturated rings. The van der Waals surface area contributed by atoms with Crippen molar-refractivity contribution < 1.29 is 9.53 Å². The summed E-state index contributed by atoms with van der Waals surface area (Å²) in [6, 6.07) is 3.92. The first-order valence-corrected chi connectivity index (χ1v) is 4.89. The number of hydrogen-bond acceptors (Lipinski definition) is 3. The zero-order valence-electron chi connectivity index (χ0n) is 8.55. The van der Waals surface area contributed by atoms with Gasteiger partial charge in [0.15, 0.2) is 0 Å². The number of rotatable bonds is 3. The third-order valence-electron chi connectivity index (χ3n) is 2.51. The Hall–Kier alpha value is -1.09. The van der Waals surface area contributed by atoms with Gasteiger partial charge in [-0.25, -0.2) is 0 Å². The normalized spacial score (nSPS) is 22.7. The van der Waals surface area contributed by atoms with Crippen LogP contribution < -0.4 is 0 Å². The molecule has 1 aliphatic rings. The number of pyridine rings is 1. The van der Waals surface area contributed by atoms with Gasteiger partial charge in [-0.2, -0.15) is 0 Å². The van der Waals surface area contributed by atoms with Crippen LogP contribution in [0, 0.1) is 5.92 Å². The predicted octanol–water partition coefficient (Wildman–Crippen LogP) is 2.17. The summed E-state index contributed by atoms with van der Waals surface area (Å²) in [5.41, 5.74) is 1.19. The molecule has 2 atom stereocenters. The summed E-state index contributed by atoms with van der Waals surface area (Å²) in [4.78, 5) is 15.3. The first kappa shape index (κ1) is 12.0. The van der Waals surface area contributed by atoms with Crippen molar-refractivity contribution >= 4 is 18.4 Å². The van der Waals surface area contributed by atoms with Crippen LogP contribution in [-0.2, 0) is 9.53 Å². The lowest BCUT2D eigenvalue weighted by Gasteiger charge is -2.00. The molecule has 2 rings (SSSR count). The maximum Gasteiger partial charge on any atom is 0.309 e. The Bertz CT molecular complexity index is 329. The van der Waals surface area contributed by atoms with Gasteiger partial charge in [-0.15, -0.1) is 12.4 Å². The van der Waals surface area contributed by atoms with Crippen LogP contribution in [0.15, 0.2) is 24.5 Å². The number of ether oxygens (including phenoxy) is 1. The molecule has 82 valence electrons. The molecule has 1 aromatic rings. The average molecular weight is 228 g/mol. The fraction of sp³-hybridized carbons (Fsp3) is 0.455. The molecular formula is C11H14ClNO2. The van der Waals surface area contributed by atoms with Crippen LogP contribution >= 0.6 is 12.4 Å². The molecule has 1 heterocycles. The van der Waals surface area contributed by atoms with Crippen LogP contribution in [0.1, 0.15) is 24.8 Å². The van der Waals surface area contributed by atoms with E-state index in [0.29, 0.717) is 12.5 Å². The van der Waals surface area contributed by atoms with Gasteiger partial charge in [-0.3, -0.25) is 9.78 Å². The number of aromatic nitrogens is 1. The van der Waals surface area contributed by atoms with Crippen LogP contribution in [-0.4, -0.2) is 17.6 Å². The van der Waals surface area contributed by atoms with Gasteiger partial charge in [0.05, 0.1) is 12.5 Å². The molecule has 0 amide bonds. The van der Waals surface area contributed by atoms with Gasteiger partial charge >= 0.3 is 5.97 Å². The highest BCUT2D eigenvalue weighted by Gasteiger charge is 2.44. The monoisotopic (exact) mass is 227 g/mol. The van der Waals surface area contributed by atoms with Crippen LogP contribution in [0.5, 0.6) is 0 Å². The van der Waals surface area contributed by atoms with Crippen molar-refractivity contribution in [3.8, 4) is 0 Å². The summed E-state index contributed by atoms with van der Waals surface area (Å²) in [5.74, 6) is 0.378. The second-order valence-corrected chi connectivity index (χ2v) is 3.48. The maximum absolute atomic E-state index is 11.4. The summed E-state index contributed by atoms with van der Waals surface area (Å²) in [5, 5.41) is 0. The Balaban J connectivity index is 0.00000112. The zero-order valence-corrected chi connectivity index (χ0v) is 9.37. The lowest BCUT2D eigenvalue weighted by atomic mass is 10.1. The summed E-state index contributed by atoms with van der Waals surface area (Å²) in [7, 11) is 0. The van der Waals surface area contributed by atoms with Gasteiger partial charge in [-0.1, -0.05) is 0 Å². The van der Waals surface area contributed by atoms with Crippen molar-refractivity contribution in [1.82, 2.24) is 4.98 Å². The molecule has 0 saturated heterocycles. The van der Waals surface area contributed by atoms with Crippen LogP contribution in [0.3, 0.4) is 0 Å². The van der Waals surface area contributed by atoms with Crippen molar-refractivity contribution in [1.29, 1.82) is 0 Å². The molecule has 3 nitrogen and oxygen atoms in total. The Kier molecular flexibility index (Phi) is 4.09. The molecule has 0 N–H and O–H groups in total. The number of hydrogen-bond donors (Lipinski definition) is 0. The molecule has 15 heavy (non-hydrogen) atoms. The van der Waals surface area contributed by atoms with E-state index in [2.05, 4.69) is 4.98 Å². The molecule has 0 spiro atoms. The van der Waals surface area contributed by atoms with Crippen LogP contribution in [0.4, 0.5) is 0 Å². The second-order valence-electron chi connectivity index (χ2n) is 3.48. The van der Waals surface area contributed by atoms with Gasteiger partial charge in [0, 0.05) is 12.4 Å². The molecule has 0 unspecified atom stereocenters. The van der Waals surface area contributed by atoms with Gasteiger partial charge < -0.3 is 4.74 Å². The largest absolute Gasteiger partial charge is 0.466 e. The van der Waals surface area contributed by atoms with Gasteiger partial charge in [0.2, 0.25) is 0 Å². The summed E-state index contributed by atoms with van der Waals surface area (Å²) in [6.45, 7) is 2.31. The molecule has 1 aliphatic carbocycles. The van der Waals surface area contributed by atoms with Crippen LogP contribution in [0.2, 0.25) is 0 Å². The lowest BCUT2D eigenvalue weighted by molar-refractivity contribution is -0.144. The molecule has 1 aromatic heterocycles. The summed E-state index contributed by atoms with van der Waals surface area (Å²) in [6.07, 6.45) is 4.44. The average Bonchev–Trinajstić information content (AvgIpc) is 2.99. The number of carbonyl (C=O) groups excluding carboxylic acids is 1. The second kappa shape index (κ2) is 5.12.